The van der Waals surface area contributed by atoms with Crippen LogP contribution in [-0.4, -0.2) is 43.1 Å². The smallest absolute Gasteiger partial charge is 0.748 e. The van der Waals surface area contributed by atoms with Crippen molar-refractivity contribution in [2.75, 3.05) is 19.3 Å². The molecule has 0 unspecified atom stereocenters. The number of allylic oxidation sites excluding steroid dienone is 2. The van der Waals surface area contributed by atoms with Crippen molar-refractivity contribution in [3.63, 3.8) is 0 Å². The molecule has 0 fully saturated rings. The maximum absolute atomic E-state index is 11.9. The SMILES string of the molecule is CCCCCCCCCC/C=C/CCCCCCCCCC(=O)N(C)CCS(=O)(=O)[O-].[K+]. The van der Waals surface area contributed by atoms with Gasteiger partial charge >= 0.3 is 51.4 Å². The van der Waals surface area contributed by atoms with E-state index in [0.29, 0.717) is 6.42 Å². The first-order valence-corrected chi connectivity index (χ1v) is 14.3. The molecule has 32 heavy (non-hydrogen) atoms. The van der Waals surface area contributed by atoms with E-state index in [-0.39, 0.29) is 63.8 Å². The summed E-state index contributed by atoms with van der Waals surface area (Å²) in [5, 5.41) is 0. The maximum Gasteiger partial charge on any atom is 1.00 e. The van der Waals surface area contributed by atoms with Gasteiger partial charge in [0.15, 0.2) is 0 Å². The van der Waals surface area contributed by atoms with Crippen LogP contribution in [0, 0.1) is 0 Å². The topological polar surface area (TPSA) is 77.5 Å². The van der Waals surface area contributed by atoms with Gasteiger partial charge in [0.05, 0.1) is 15.9 Å². The van der Waals surface area contributed by atoms with Gasteiger partial charge in [0, 0.05) is 20.0 Å². The quantitative estimate of drug-likeness (QED) is 0.0991. The summed E-state index contributed by atoms with van der Waals surface area (Å²) in [6.45, 7) is 2.25. The molecule has 7 heteroatoms. The third-order valence-electron chi connectivity index (χ3n) is 5.75. The molecule has 0 saturated carbocycles. The number of hydrogen-bond acceptors (Lipinski definition) is 4. The van der Waals surface area contributed by atoms with E-state index in [9.17, 15) is 17.8 Å². The number of hydrogen-bond donors (Lipinski definition) is 0. The zero-order valence-corrected chi connectivity index (χ0v) is 25.2. The minimum absolute atomic E-state index is 0. The summed E-state index contributed by atoms with van der Waals surface area (Å²) >= 11 is 0. The van der Waals surface area contributed by atoms with Crippen molar-refractivity contribution >= 4 is 16.0 Å². The Hall–Kier alpha value is 0.756. The Balaban J connectivity index is 0. The Morgan fingerprint density at radius 1 is 0.750 bits per heavy atom. The average Bonchev–Trinajstić information content (AvgIpc) is 2.72. The summed E-state index contributed by atoms with van der Waals surface area (Å²) in [7, 11) is -2.70. The Bertz CT molecular complexity index is 552. The van der Waals surface area contributed by atoms with E-state index in [4.69, 9.17) is 0 Å². The molecule has 0 saturated heterocycles. The van der Waals surface area contributed by atoms with E-state index >= 15 is 0 Å². The molecule has 0 aliphatic heterocycles. The summed E-state index contributed by atoms with van der Waals surface area (Å²) in [6, 6.07) is 0. The molecule has 0 aromatic heterocycles. The van der Waals surface area contributed by atoms with Crippen LogP contribution < -0.4 is 51.4 Å². The van der Waals surface area contributed by atoms with E-state index in [1.165, 1.54) is 94.8 Å². The maximum atomic E-state index is 11.9. The first kappa shape index (κ1) is 34.9. The summed E-state index contributed by atoms with van der Waals surface area (Å²) in [6.07, 6.45) is 26.6. The number of rotatable bonds is 22. The van der Waals surface area contributed by atoms with Crippen LogP contribution in [0.25, 0.3) is 0 Å². The Morgan fingerprint density at radius 3 is 1.59 bits per heavy atom. The minimum Gasteiger partial charge on any atom is -0.748 e. The number of carbonyl (C=O) groups is 1. The molecule has 0 atom stereocenters. The molecule has 0 aliphatic rings. The fourth-order valence-corrected chi connectivity index (χ4v) is 4.12. The van der Waals surface area contributed by atoms with Crippen LogP contribution in [0.1, 0.15) is 122 Å². The molecule has 0 aromatic rings. The van der Waals surface area contributed by atoms with E-state index < -0.39 is 15.9 Å². The summed E-state index contributed by atoms with van der Waals surface area (Å²) < 4.78 is 31.8. The second-order valence-electron chi connectivity index (χ2n) is 8.83. The van der Waals surface area contributed by atoms with Crippen LogP contribution in [0.2, 0.25) is 0 Å². The molecule has 1 amide bonds. The van der Waals surface area contributed by atoms with Crippen molar-refractivity contribution in [1.82, 2.24) is 4.90 Å². The molecule has 0 radical (unpaired) electrons. The molecular formula is C25H48KNO4S. The van der Waals surface area contributed by atoms with Gasteiger partial charge < -0.3 is 9.45 Å². The van der Waals surface area contributed by atoms with Crippen LogP contribution in [0.4, 0.5) is 0 Å². The second-order valence-corrected chi connectivity index (χ2v) is 10.3. The van der Waals surface area contributed by atoms with Crippen molar-refractivity contribution in [2.45, 2.75) is 122 Å². The average molecular weight is 498 g/mol. The molecule has 0 bridgehead atoms. The third-order valence-corrected chi connectivity index (χ3v) is 6.44. The molecular weight excluding hydrogens is 449 g/mol. The normalized spacial score (nSPS) is 11.6. The zero-order chi connectivity index (χ0) is 23.2. The summed E-state index contributed by atoms with van der Waals surface area (Å²) in [5.74, 6) is -0.591. The van der Waals surface area contributed by atoms with E-state index in [0.717, 1.165) is 19.3 Å². The standard InChI is InChI=1S/C25H49NO4S.K/c1-3-4-5-6-7-8-9-10-11-12-13-14-15-16-17-18-19-20-21-22-25(27)26(2)23-24-31(28,29)30;/h12-13H,3-11,14-24H2,1-2H3,(H,28,29,30);/q;+1/p-1/b13-12+;. The Labute approximate surface area is 241 Å². The van der Waals surface area contributed by atoms with Crippen molar-refractivity contribution in [1.29, 1.82) is 0 Å². The van der Waals surface area contributed by atoms with Gasteiger partial charge in [-0.3, -0.25) is 4.79 Å². The Morgan fingerprint density at radius 2 is 1.16 bits per heavy atom. The fourth-order valence-electron chi connectivity index (χ4n) is 3.62. The summed E-state index contributed by atoms with van der Waals surface area (Å²) in [4.78, 5) is 13.2. The fraction of sp³-hybridized carbons (Fsp3) is 0.880. The van der Waals surface area contributed by atoms with Gasteiger partial charge in [0.2, 0.25) is 5.91 Å². The largest absolute Gasteiger partial charge is 1.00 e. The van der Waals surface area contributed by atoms with Crippen molar-refractivity contribution in [3.05, 3.63) is 12.2 Å². The molecule has 184 valence electrons. The molecule has 0 aromatic carbocycles. The van der Waals surface area contributed by atoms with Gasteiger partial charge in [-0.2, -0.15) is 0 Å². The number of unbranched alkanes of at least 4 members (excludes halogenated alkanes) is 15. The van der Waals surface area contributed by atoms with Gasteiger partial charge in [-0.15, -0.1) is 0 Å². The third kappa shape index (κ3) is 27.0. The monoisotopic (exact) mass is 497 g/mol. The van der Waals surface area contributed by atoms with Crippen molar-refractivity contribution < 1.29 is 69.1 Å². The predicted octanol–water partition coefficient (Wildman–Crippen LogP) is 3.59. The zero-order valence-electron chi connectivity index (χ0n) is 21.3. The van der Waals surface area contributed by atoms with Crippen LogP contribution in [0.3, 0.4) is 0 Å². The van der Waals surface area contributed by atoms with Crippen molar-refractivity contribution in [3.8, 4) is 0 Å². The van der Waals surface area contributed by atoms with Crippen LogP contribution >= 0.6 is 0 Å². The van der Waals surface area contributed by atoms with Crippen LogP contribution in [0.5, 0.6) is 0 Å². The van der Waals surface area contributed by atoms with E-state index in [2.05, 4.69) is 19.1 Å². The molecule has 0 aliphatic carbocycles. The number of amides is 1. The molecule has 0 N–H and O–H groups in total. The van der Waals surface area contributed by atoms with Gasteiger partial charge in [-0.1, -0.05) is 96.1 Å². The van der Waals surface area contributed by atoms with Crippen molar-refractivity contribution in [2.24, 2.45) is 0 Å². The molecule has 0 rings (SSSR count). The molecule has 5 nitrogen and oxygen atoms in total. The molecule has 0 spiro atoms. The molecule has 0 heterocycles. The first-order valence-electron chi connectivity index (χ1n) is 12.7. The Kier molecular flexibility index (Phi) is 27.1. The van der Waals surface area contributed by atoms with Crippen LogP contribution in [-0.2, 0) is 14.9 Å². The van der Waals surface area contributed by atoms with Gasteiger partial charge in [0.1, 0.15) is 0 Å². The number of nitrogens with zero attached hydrogens (tertiary/aromatic N) is 1. The summed E-state index contributed by atoms with van der Waals surface area (Å²) in [5.41, 5.74) is 0. The second kappa shape index (κ2) is 24.9. The van der Waals surface area contributed by atoms with E-state index in [1.807, 2.05) is 0 Å². The van der Waals surface area contributed by atoms with Gasteiger partial charge in [0.25, 0.3) is 0 Å². The van der Waals surface area contributed by atoms with Gasteiger partial charge in [-0.05, 0) is 32.1 Å². The van der Waals surface area contributed by atoms with Crippen LogP contribution in [0.15, 0.2) is 12.2 Å². The number of carbonyl (C=O) groups excluding carboxylic acids is 1. The predicted molar refractivity (Wildman–Crippen MR) is 130 cm³/mol. The minimum atomic E-state index is -4.26. The van der Waals surface area contributed by atoms with E-state index in [1.54, 1.807) is 7.05 Å². The van der Waals surface area contributed by atoms with Gasteiger partial charge in [-0.25, -0.2) is 8.42 Å². The first-order chi connectivity index (χ1) is 14.9.